The normalized spacial score (nSPS) is 13.3. The number of rotatable bonds is 51. The van der Waals surface area contributed by atoms with Gasteiger partial charge >= 0.3 is 0 Å². The molecular formula is C59H109NO3. The van der Waals surface area contributed by atoms with E-state index in [2.05, 4.69) is 67.8 Å². The van der Waals surface area contributed by atoms with E-state index >= 15 is 0 Å². The van der Waals surface area contributed by atoms with Gasteiger partial charge in [0.05, 0.1) is 18.8 Å². The highest BCUT2D eigenvalue weighted by atomic mass is 16.3. The standard InChI is InChI=1S/C59H109NO3/c1-3-5-7-9-11-13-15-17-18-19-20-21-22-23-24-25-26-27-28-29-30-31-32-33-34-35-36-37-38-39-40-41-42-43-45-47-49-51-53-55-59(63)60-57(56-61)58(62)54-52-50-48-46-44-16-14-12-10-8-6-4-2/h15,17,19-20,22-23,44,46,52,54,57-58,61-62H,3-14,16,18,21,24-43,45,47-51,53,55-56H2,1-2H3,(H,60,63)/b17-15-,20-19-,23-22-,46-44+,54-52+. The number of carbonyl (C=O) groups is 1. The topological polar surface area (TPSA) is 69.6 Å². The predicted molar refractivity (Wildman–Crippen MR) is 281 cm³/mol. The second kappa shape index (κ2) is 54.4. The first-order valence-corrected chi connectivity index (χ1v) is 28.0. The molecule has 0 aliphatic carbocycles. The van der Waals surface area contributed by atoms with Crippen LogP contribution in [0.3, 0.4) is 0 Å². The van der Waals surface area contributed by atoms with Gasteiger partial charge in [-0.25, -0.2) is 0 Å². The third-order valence-corrected chi connectivity index (χ3v) is 12.7. The molecule has 1 amide bonds. The summed E-state index contributed by atoms with van der Waals surface area (Å²) in [7, 11) is 0. The Morgan fingerprint density at radius 2 is 0.667 bits per heavy atom. The highest BCUT2D eigenvalue weighted by molar-refractivity contribution is 5.76. The first kappa shape index (κ1) is 61.1. The lowest BCUT2D eigenvalue weighted by molar-refractivity contribution is -0.123. The van der Waals surface area contributed by atoms with Gasteiger partial charge in [0.2, 0.25) is 5.91 Å². The number of amides is 1. The molecule has 0 aromatic rings. The fourth-order valence-corrected chi connectivity index (χ4v) is 8.44. The van der Waals surface area contributed by atoms with Crippen molar-refractivity contribution < 1.29 is 15.0 Å². The fraction of sp³-hybridized carbons (Fsp3) is 0.814. The van der Waals surface area contributed by atoms with Crippen LogP contribution in [0, 0.1) is 0 Å². The highest BCUT2D eigenvalue weighted by Crippen LogP contribution is 2.17. The lowest BCUT2D eigenvalue weighted by Gasteiger charge is -2.19. The van der Waals surface area contributed by atoms with Gasteiger partial charge in [-0.15, -0.1) is 0 Å². The number of carbonyl (C=O) groups excluding carboxylic acids is 1. The third kappa shape index (κ3) is 50.9. The molecule has 4 heteroatoms. The largest absolute Gasteiger partial charge is 0.394 e. The van der Waals surface area contributed by atoms with Crippen molar-refractivity contribution >= 4 is 5.91 Å². The number of aliphatic hydroxyl groups excluding tert-OH is 2. The van der Waals surface area contributed by atoms with Crippen LogP contribution in [0.2, 0.25) is 0 Å². The van der Waals surface area contributed by atoms with E-state index in [9.17, 15) is 15.0 Å². The monoisotopic (exact) mass is 880 g/mol. The molecule has 0 aliphatic heterocycles. The van der Waals surface area contributed by atoms with Gasteiger partial charge in [-0.05, 0) is 70.6 Å². The van der Waals surface area contributed by atoms with Crippen LogP contribution in [0.15, 0.2) is 60.8 Å². The average molecular weight is 881 g/mol. The Labute approximate surface area is 394 Å². The van der Waals surface area contributed by atoms with Crippen molar-refractivity contribution in [2.24, 2.45) is 0 Å². The first-order chi connectivity index (χ1) is 31.2. The van der Waals surface area contributed by atoms with Gasteiger partial charge in [0, 0.05) is 6.42 Å². The van der Waals surface area contributed by atoms with Crippen molar-refractivity contribution in [3.8, 4) is 0 Å². The summed E-state index contributed by atoms with van der Waals surface area (Å²) in [5, 5.41) is 23.0. The van der Waals surface area contributed by atoms with Crippen LogP contribution in [0.5, 0.6) is 0 Å². The molecule has 4 nitrogen and oxygen atoms in total. The molecule has 0 bridgehead atoms. The number of aliphatic hydroxyl groups is 2. The Balaban J connectivity index is 3.41. The van der Waals surface area contributed by atoms with E-state index in [-0.39, 0.29) is 12.5 Å². The number of hydrogen-bond donors (Lipinski definition) is 3. The summed E-state index contributed by atoms with van der Waals surface area (Å²) in [4.78, 5) is 12.4. The van der Waals surface area contributed by atoms with Gasteiger partial charge < -0.3 is 15.5 Å². The first-order valence-electron chi connectivity index (χ1n) is 28.0. The smallest absolute Gasteiger partial charge is 0.220 e. The zero-order valence-electron chi connectivity index (χ0n) is 42.3. The molecule has 0 aromatic heterocycles. The fourth-order valence-electron chi connectivity index (χ4n) is 8.44. The zero-order chi connectivity index (χ0) is 45.6. The van der Waals surface area contributed by atoms with Gasteiger partial charge in [-0.1, -0.05) is 274 Å². The molecule has 2 atom stereocenters. The lowest BCUT2D eigenvalue weighted by atomic mass is 10.0. The van der Waals surface area contributed by atoms with Crippen LogP contribution in [0.4, 0.5) is 0 Å². The van der Waals surface area contributed by atoms with Crippen molar-refractivity contribution in [3.63, 3.8) is 0 Å². The molecule has 0 radical (unpaired) electrons. The summed E-state index contributed by atoms with van der Waals surface area (Å²) in [5.41, 5.74) is 0. The van der Waals surface area contributed by atoms with E-state index < -0.39 is 12.1 Å². The highest BCUT2D eigenvalue weighted by Gasteiger charge is 2.18. The van der Waals surface area contributed by atoms with E-state index in [1.807, 2.05) is 6.08 Å². The van der Waals surface area contributed by atoms with Crippen LogP contribution in [-0.2, 0) is 4.79 Å². The molecule has 0 rings (SSSR count). The van der Waals surface area contributed by atoms with Crippen LogP contribution in [0.1, 0.15) is 290 Å². The molecule has 368 valence electrons. The second-order valence-corrected chi connectivity index (χ2v) is 19.0. The Morgan fingerprint density at radius 1 is 0.381 bits per heavy atom. The summed E-state index contributed by atoms with van der Waals surface area (Å²) in [5.74, 6) is -0.0719. The molecule has 3 N–H and O–H groups in total. The van der Waals surface area contributed by atoms with Crippen LogP contribution in [0.25, 0.3) is 0 Å². The maximum atomic E-state index is 12.4. The summed E-state index contributed by atoms with van der Waals surface area (Å²) in [6.07, 6.45) is 76.9. The second-order valence-electron chi connectivity index (χ2n) is 19.0. The number of nitrogens with one attached hydrogen (secondary N) is 1. The summed E-state index contributed by atoms with van der Waals surface area (Å²) < 4.78 is 0. The summed E-state index contributed by atoms with van der Waals surface area (Å²) in [6.45, 7) is 4.28. The third-order valence-electron chi connectivity index (χ3n) is 12.7. The van der Waals surface area contributed by atoms with E-state index in [4.69, 9.17) is 0 Å². The lowest BCUT2D eigenvalue weighted by Crippen LogP contribution is -2.45. The SMILES string of the molecule is CCCCCCC/C=C\C/C=C\C/C=C\CCCCCCCCCCCCCCCCCCCCCCCCCCC(=O)NC(CO)C(O)/C=C/CC/C=C/CCCCCCCC. The van der Waals surface area contributed by atoms with Crippen molar-refractivity contribution in [2.45, 2.75) is 302 Å². The molecule has 0 saturated heterocycles. The number of hydrogen-bond acceptors (Lipinski definition) is 3. The number of unbranched alkanes of at least 4 members (excludes halogenated alkanes) is 36. The van der Waals surface area contributed by atoms with Gasteiger partial charge in [-0.2, -0.15) is 0 Å². The molecule has 63 heavy (non-hydrogen) atoms. The Kier molecular flexibility index (Phi) is 52.8. The van der Waals surface area contributed by atoms with Crippen molar-refractivity contribution in [2.75, 3.05) is 6.61 Å². The predicted octanol–water partition coefficient (Wildman–Crippen LogP) is 18.4. The Morgan fingerprint density at radius 3 is 1.03 bits per heavy atom. The zero-order valence-corrected chi connectivity index (χ0v) is 42.3. The van der Waals surface area contributed by atoms with Gasteiger partial charge in [0.25, 0.3) is 0 Å². The van der Waals surface area contributed by atoms with Crippen molar-refractivity contribution in [3.05, 3.63) is 60.8 Å². The summed E-state index contributed by atoms with van der Waals surface area (Å²) in [6, 6.07) is -0.637. The molecule has 0 fully saturated rings. The molecule has 0 heterocycles. The quantitative estimate of drug-likeness (QED) is 0.0421. The maximum absolute atomic E-state index is 12.4. The minimum absolute atomic E-state index is 0.0719. The molecule has 2 unspecified atom stereocenters. The van der Waals surface area contributed by atoms with Gasteiger partial charge in [0.1, 0.15) is 0 Å². The van der Waals surface area contributed by atoms with E-state index in [0.29, 0.717) is 6.42 Å². The van der Waals surface area contributed by atoms with Crippen LogP contribution in [-0.4, -0.2) is 34.9 Å². The average Bonchev–Trinajstić information content (AvgIpc) is 3.29. The molecule has 0 aliphatic rings. The van der Waals surface area contributed by atoms with Gasteiger partial charge in [-0.3, -0.25) is 4.79 Å². The van der Waals surface area contributed by atoms with Gasteiger partial charge in [0.15, 0.2) is 0 Å². The van der Waals surface area contributed by atoms with Crippen LogP contribution < -0.4 is 5.32 Å². The molecular weight excluding hydrogens is 771 g/mol. The maximum Gasteiger partial charge on any atom is 0.220 e. The minimum atomic E-state index is -0.860. The number of allylic oxidation sites excluding steroid dienone is 9. The van der Waals surface area contributed by atoms with E-state index in [0.717, 1.165) is 44.9 Å². The molecule has 0 aromatic carbocycles. The Hall–Kier alpha value is -1.91. The van der Waals surface area contributed by atoms with Crippen LogP contribution >= 0.6 is 0 Å². The Bertz CT molecular complexity index is 1040. The molecule has 0 spiro atoms. The molecule has 0 saturated carbocycles. The van der Waals surface area contributed by atoms with Crippen molar-refractivity contribution in [1.82, 2.24) is 5.32 Å². The minimum Gasteiger partial charge on any atom is -0.394 e. The van der Waals surface area contributed by atoms with E-state index in [1.165, 1.54) is 225 Å². The summed E-state index contributed by atoms with van der Waals surface area (Å²) >= 11 is 0. The van der Waals surface area contributed by atoms with E-state index in [1.54, 1.807) is 6.08 Å². The van der Waals surface area contributed by atoms with Crippen molar-refractivity contribution in [1.29, 1.82) is 0 Å².